The second-order valence-corrected chi connectivity index (χ2v) is 7.92. The lowest BCUT2D eigenvalue weighted by Crippen LogP contribution is -2.27. The molecular formula is C18H10Cl2N2O3S2. The number of thiocarbonyl (C=S) groups is 1. The van der Waals surface area contributed by atoms with E-state index >= 15 is 0 Å². The Balaban J connectivity index is 1.82. The maximum absolute atomic E-state index is 12.7. The molecule has 3 rings (SSSR count). The van der Waals surface area contributed by atoms with Crippen molar-refractivity contribution in [2.75, 3.05) is 4.90 Å². The van der Waals surface area contributed by atoms with Gasteiger partial charge in [0, 0.05) is 22.2 Å². The number of benzene rings is 2. The summed E-state index contributed by atoms with van der Waals surface area (Å²) in [6.45, 7) is 0. The molecule has 9 heteroatoms. The monoisotopic (exact) mass is 436 g/mol. The number of hydrogen-bond acceptors (Lipinski definition) is 5. The highest BCUT2D eigenvalue weighted by Crippen LogP contribution is 2.36. The molecule has 0 radical (unpaired) electrons. The van der Waals surface area contributed by atoms with E-state index in [1.54, 1.807) is 42.5 Å². The van der Waals surface area contributed by atoms with Crippen molar-refractivity contribution in [2.45, 2.75) is 0 Å². The number of rotatable bonds is 4. The van der Waals surface area contributed by atoms with Crippen LogP contribution in [0.5, 0.6) is 0 Å². The standard InChI is InChI=1S/C18H10Cl2N2O3S2/c19-12-3-7-14(8-4-12)21-17(23)16(27-18(21)26)10-13(20)9-11-1-5-15(6-2-11)22(24)25/h1-10H. The maximum Gasteiger partial charge on any atom is 0.270 e. The van der Waals surface area contributed by atoms with Gasteiger partial charge in [-0.05, 0) is 54.1 Å². The molecule has 0 N–H and O–H groups in total. The summed E-state index contributed by atoms with van der Waals surface area (Å²) in [6.07, 6.45) is 3.14. The summed E-state index contributed by atoms with van der Waals surface area (Å²) in [7, 11) is 0. The third-order valence-corrected chi connectivity index (χ3v) is 5.33. The molecule has 5 nitrogen and oxygen atoms in total. The number of anilines is 1. The highest BCUT2D eigenvalue weighted by atomic mass is 35.5. The van der Waals surface area contributed by atoms with Gasteiger partial charge in [0.2, 0.25) is 0 Å². The molecule has 1 amide bonds. The third-order valence-electron chi connectivity index (χ3n) is 3.56. The lowest BCUT2D eigenvalue weighted by molar-refractivity contribution is -0.384. The van der Waals surface area contributed by atoms with Gasteiger partial charge < -0.3 is 0 Å². The molecular weight excluding hydrogens is 427 g/mol. The maximum atomic E-state index is 12.7. The van der Waals surface area contributed by atoms with Crippen LogP contribution in [0.4, 0.5) is 11.4 Å². The van der Waals surface area contributed by atoms with Crippen molar-refractivity contribution in [1.82, 2.24) is 0 Å². The summed E-state index contributed by atoms with van der Waals surface area (Å²) >= 11 is 18.6. The van der Waals surface area contributed by atoms with Crippen molar-refractivity contribution in [3.05, 3.63) is 85.2 Å². The second kappa shape index (κ2) is 8.22. The summed E-state index contributed by atoms with van der Waals surface area (Å²) in [5.74, 6) is -0.275. The normalized spacial score (nSPS) is 16.3. The van der Waals surface area contributed by atoms with Crippen LogP contribution in [0.2, 0.25) is 5.02 Å². The lowest BCUT2D eigenvalue weighted by Gasteiger charge is -2.14. The molecule has 2 aromatic rings. The number of nitrogens with zero attached hydrogens (tertiary/aromatic N) is 2. The van der Waals surface area contributed by atoms with Crippen LogP contribution in [-0.2, 0) is 4.79 Å². The molecule has 2 aromatic carbocycles. The van der Waals surface area contributed by atoms with Crippen molar-refractivity contribution >= 4 is 74.9 Å². The van der Waals surface area contributed by atoms with Crippen molar-refractivity contribution in [3.8, 4) is 0 Å². The Hall–Kier alpha value is -2.19. The molecule has 1 aliphatic heterocycles. The Morgan fingerprint density at radius 3 is 2.37 bits per heavy atom. The van der Waals surface area contributed by atoms with Crippen molar-refractivity contribution in [2.24, 2.45) is 0 Å². The van der Waals surface area contributed by atoms with Crippen LogP contribution in [-0.4, -0.2) is 15.2 Å². The number of amides is 1. The zero-order chi connectivity index (χ0) is 19.6. The Morgan fingerprint density at radius 2 is 1.78 bits per heavy atom. The predicted octanol–water partition coefficient (Wildman–Crippen LogP) is 5.78. The quantitative estimate of drug-likeness (QED) is 0.263. The number of hydrogen-bond donors (Lipinski definition) is 0. The minimum absolute atomic E-state index is 0.00731. The number of nitro benzene ring substituents is 1. The minimum atomic E-state index is -0.475. The number of halogens is 2. The van der Waals surface area contributed by atoms with E-state index in [2.05, 4.69) is 0 Å². The number of allylic oxidation sites excluding steroid dienone is 2. The fourth-order valence-corrected chi connectivity index (χ4v) is 4.01. The van der Waals surface area contributed by atoms with Gasteiger partial charge in [-0.15, -0.1) is 0 Å². The van der Waals surface area contributed by atoms with Crippen LogP contribution in [0.15, 0.2) is 64.5 Å². The number of nitro groups is 1. The predicted molar refractivity (Wildman–Crippen MR) is 114 cm³/mol. The summed E-state index contributed by atoms with van der Waals surface area (Å²) in [5.41, 5.74) is 1.29. The first-order chi connectivity index (χ1) is 12.8. The van der Waals surface area contributed by atoms with Crippen LogP contribution >= 0.6 is 47.2 Å². The first-order valence-electron chi connectivity index (χ1n) is 7.50. The molecule has 0 bridgehead atoms. The van der Waals surface area contributed by atoms with Crippen molar-refractivity contribution < 1.29 is 9.72 Å². The summed E-state index contributed by atoms with van der Waals surface area (Å²) in [4.78, 5) is 24.7. The molecule has 1 fully saturated rings. The molecule has 0 aliphatic carbocycles. The number of thioether (sulfide) groups is 1. The Labute approximate surface area is 174 Å². The SMILES string of the molecule is O=C1C(=CC(Cl)=Cc2ccc([N+](=O)[O-])cc2)SC(=S)N1c1ccc(Cl)cc1. The molecule has 1 saturated heterocycles. The van der Waals surface area contributed by atoms with Gasteiger partial charge >= 0.3 is 0 Å². The molecule has 0 saturated carbocycles. The van der Waals surface area contributed by atoms with Gasteiger partial charge in [0.05, 0.1) is 15.5 Å². The van der Waals surface area contributed by atoms with E-state index in [1.165, 1.54) is 23.1 Å². The first kappa shape index (κ1) is 19.6. The topological polar surface area (TPSA) is 63.4 Å². The van der Waals surface area contributed by atoms with Gasteiger partial charge in [0.15, 0.2) is 4.32 Å². The van der Waals surface area contributed by atoms with E-state index < -0.39 is 4.92 Å². The number of carbonyl (C=O) groups is 1. The Morgan fingerprint density at radius 1 is 1.15 bits per heavy atom. The van der Waals surface area contributed by atoms with Gasteiger partial charge in [-0.2, -0.15) is 0 Å². The largest absolute Gasteiger partial charge is 0.270 e. The van der Waals surface area contributed by atoms with Gasteiger partial charge in [-0.25, -0.2) is 0 Å². The summed E-state index contributed by atoms with van der Waals surface area (Å²) in [5, 5.41) is 11.6. The van der Waals surface area contributed by atoms with E-state index in [4.69, 9.17) is 35.4 Å². The highest BCUT2D eigenvalue weighted by molar-refractivity contribution is 8.27. The molecule has 0 atom stereocenters. The van der Waals surface area contributed by atoms with E-state index in [0.29, 0.717) is 30.5 Å². The first-order valence-corrected chi connectivity index (χ1v) is 9.48. The van der Waals surface area contributed by atoms with Gasteiger partial charge in [0.25, 0.3) is 11.6 Å². The fraction of sp³-hybridized carbons (Fsp3) is 0. The smallest absolute Gasteiger partial charge is 0.268 e. The second-order valence-electron chi connectivity index (χ2n) is 5.37. The van der Waals surface area contributed by atoms with Crippen LogP contribution in [0.3, 0.4) is 0 Å². The van der Waals surface area contributed by atoms with Crippen molar-refractivity contribution in [3.63, 3.8) is 0 Å². The van der Waals surface area contributed by atoms with Crippen LogP contribution < -0.4 is 4.90 Å². The zero-order valence-electron chi connectivity index (χ0n) is 13.5. The Bertz CT molecular complexity index is 987. The zero-order valence-corrected chi connectivity index (χ0v) is 16.6. The number of non-ortho nitro benzene ring substituents is 1. The summed E-state index contributed by atoms with van der Waals surface area (Å²) in [6, 6.07) is 12.7. The summed E-state index contributed by atoms with van der Waals surface area (Å²) < 4.78 is 0.397. The van der Waals surface area contributed by atoms with Gasteiger partial charge in [-0.1, -0.05) is 47.2 Å². The fourth-order valence-electron chi connectivity index (χ4n) is 2.30. The van der Waals surface area contributed by atoms with Gasteiger partial charge in [-0.3, -0.25) is 19.8 Å². The van der Waals surface area contributed by atoms with E-state index in [-0.39, 0.29) is 11.6 Å². The van der Waals surface area contributed by atoms with Crippen LogP contribution in [0, 0.1) is 10.1 Å². The molecule has 27 heavy (non-hydrogen) atoms. The molecule has 1 heterocycles. The molecule has 1 aliphatic rings. The average molecular weight is 437 g/mol. The van der Waals surface area contributed by atoms with Crippen LogP contribution in [0.1, 0.15) is 5.56 Å². The van der Waals surface area contributed by atoms with E-state index in [1.807, 2.05) is 0 Å². The minimum Gasteiger partial charge on any atom is -0.268 e. The highest BCUT2D eigenvalue weighted by Gasteiger charge is 2.33. The third kappa shape index (κ3) is 4.56. The van der Waals surface area contributed by atoms with E-state index in [0.717, 1.165) is 11.8 Å². The van der Waals surface area contributed by atoms with Gasteiger partial charge in [0.1, 0.15) is 0 Å². The van der Waals surface area contributed by atoms with Crippen LogP contribution in [0.25, 0.3) is 6.08 Å². The molecule has 0 spiro atoms. The van der Waals surface area contributed by atoms with E-state index in [9.17, 15) is 14.9 Å². The van der Waals surface area contributed by atoms with Crippen molar-refractivity contribution in [1.29, 1.82) is 0 Å². The Kier molecular flexibility index (Phi) is 5.96. The lowest BCUT2D eigenvalue weighted by atomic mass is 10.2. The number of carbonyl (C=O) groups excluding carboxylic acids is 1. The molecule has 136 valence electrons. The average Bonchev–Trinajstić information content (AvgIpc) is 2.90. The molecule has 0 aromatic heterocycles. The molecule has 0 unspecified atom stereocenters.